The molecule has 0 aliphatic rings. The monoisotopic (exact) mass is 381 g/mol. The molecule has 0 fully saturated rings. The first kappa shape index (κ1) is 16.5. The molecular weight excluding hydrogens is 366 g/mol. The van der Waals surface area contributed by atoms with Crippen LogP contribution < -0.4 is 15.5 Å². The van der Waals surface area contributed by atoms with Crippen molar-refractivity contribution in [3.05, 3.63) is 45.1 Å². The van der Waals surface area contributed by atoms with Crippen molar-refractivity contribution in [2.45, 2.75) is 6.92 Å². The van der Waals surface area contributed by atoms with Crippen LogP contribution in [0.2, 0.25) is 0 Å². The predicted octanol–water partition coefficient (Wildman–Crippen LogP) is 3.47. The van der Waals surface area contributed by atoms with Crippen LogP contribution in [0.15, 0.2) is 45.3 Å². The molecule has 0 saturated carbocycles. The Bertz CT molecular complexity index is 640. The molecule has 7 heteroatoms. The van der Waals surface area contributed by atoms with E-state index in [0.717, 1.165) is 20.1 Å². The average Bonchev–Trinajstić information content (AvgIpc) is 2.92. The maximum Gasteiger partial charge on any atom is 0.259 e. The van der Waals surface area contributed by atoms with E-state index in [-0.39, 0.29) is 12.5 Å². The van der Waals surface area contributed by atoms with E-state index in [4.69, 9.17) is 4.74 Å². The molecule has 0 saturated heterocycles. The summed E-state index contributed by atoms with van der Waals surface area (Å²) in [7, 11) is 0. The first-order chi connectivity index (χ1) is 10.7. The van der Waals surface area contributed by atoms with Gasteiger partial charge in [-0.25, -0.2) is 5.43 Å². The number of rotatable bonds is 7. The molecule has 0 unspecified atom stereocenters. The van der Waals surface area contributed by atoms with Gasteiger partial charge in [-0.15, -0.1) is 11.3 Å². The highest BCUT2D eigenvalue weighted by atomic mass is 79.9. The maximum atomic E-state index is 11.7. The molecule has 116 valence electrons. The highest BCUT2D eigenvalue weighted by molar-refractivity contribution is 9.11. The normalized spacial score (nSPS) is 10.6. The summed E-state index contributed by atoms with van der Waals surface area (Å²) in [5.74, 6) is 0.602. The van der Waals surface area contributed by atoms with Gasteiger partial charge in [-0.1, -0.05) is 0 Å². The van der Waals surface area contributed by atoms with Gasteiger partial charge in [0.1, 0.15) is 5.75 Å². The van der Waals surface area contributed by atoms with Gasteiger partial charge in [0.2, 0.25) is 0 Å². The molecule has 2 N–H and O–H groups in total. The summed E-state index contributed by atoms with van der Waals surface area (Å²) in [5, 5.41) is 6.93. The highest BCUT2D eigenvalue weighted by Gasteiger charge is 2.00. The lowest BCUT2D eigenvalue weighted by Crippen LogP contribution is -2.25. The Labute approximate surface area is 141 Å². The minimum atomic E-state index is -0.208. The molecule has 0 aliphatic carbocycles. The Kier molecular flexibility index (Phi) is 6.42. The summed E-state index contributed by atoms with van der Waals surface area (Å²) in [6.45, 7) is 2.72. The van der Waals surface area contributed by atoms with Crippen molar-refractivity contribution in [2.75, 3.05) is 18.5 Å². The van der Waals surface area contributed by atoms with E-state index in [0.29, 0.717) is 6.61 Å². The number of thiophene rings is 1. The maximum absolute atomic E-state index is 11.7. The van der Waals surface area contributed by atoms with Crippen LogP contribution in [0.1, 0.15) is 11.8 Å². The van der Waals surface area contributed by atoms with E-state index in [1.165, 1.54) is 0 Å². The molecule has 2 aromatic rings. The van der Waals surface area contributed by atoms with E-state index in [1.54, 1.807) is 17.6 Å². The first-order valence-corrected chi connectivity index (χ1v) is 8.32. The van der Waals surface area contributed by atoms with Gasteiger partial charge in [-0.3, -0.25) is 4.79 Å². The van der Waals surface area contributed by atoms with E-state index in [9.17, 15) is 4.79 Å². The van der Waals surface area contributed by atoms with E-state index >= 15 is 0 Å². The Morgan fingerprint density at radius 3 is 2.73 bits per heavy atom. The Balaban J connectivity index is 1.74. The van der Waals surface area contributed by atoms with Gasteiger partial charge in [0.15, 0.2) is 0 Å². The third kappa shape index (κ3) is 5.50. The molecule has 2 rings (SSSR count). The van der Waals surface area contributed by atoms with Crippen molar-refractivity contribution in [2.24, 2.45) is 5.10 Å². The van der Waals surface area contributed by atoms with Crippen molar-refractivity contribution >= 4 is 45.1 Å². The Hall–Kier alpha value is -1.86. The van der Waals surface area contributed by atoms with Crippen LogP contribution in [0.5, 0.6) is 5.75 Å². The number of nitrogens with zero attached hydrogens (tertiary/aromatic N) is 1. The van der Waals surface area contributed by atoms with E-state index < -0.39 is 0 Å². The summed E-state index contributed by atoms with van der Waals surface area (Å²) in [6, 6.07) is 11.3. The quantitative estimate of drug-likeness (QED) is 0.570. The number of amides is 1. The Morgan fingerprint density at radius 2 is 2.09 bits per heavy atom. The zero-order valence-corrected chi connectivity index (χ0v) is 14.4. The van der Waals surface area contributed by atoms with Gasteiger partial charge in [-0.2, -0.15) is 5.10 Å². The van der Waals surface area contributed by atoms with Crippen LogP contribution in [0.4, 0.5) is 5.69 Å². The number of carbonyl (C=O) groups excluding carboxylic acids is 1. The fraction of sp³-hybridized carbons (Fsp3) is 0.200. The largest absolute Gasteiger partial charge is 0.494 e. The van der Waals surface area contributed by atoms with Crippen LogP contribution in [0.25, 0.3) is 0 Å². The molecule has 0 bridgehead atoms. The minimum absolute atomic E-state index is 0.152. The first-order valence-electron chi connectivity index (χ1n) is 6.71. The zero-order chi connectivity index (χ0) is 15.8. The summed E-state index contributed by atoms with van der Waals surface area (Å²) < 4.78 is 6.38. The van der Waals surface area contributed by atoms with Crippen molar-refractivity contribution in [1.82, 2.24) is 5.43 Å². The third-order valence-corrected chi connectivity index (χ3v) is 4.15. The highest BCUT2D eigenvalue weighted by Crippen LogP contribution is 2.20. The van der Waals surface area contributed by atoms with Crippen LogP contribution in [-0.4, -0.2) is 25.3 Å². The number of hydrogen-bond acceptors (Lipinski definition) is 5. The molecule has 0 spiro atoms. The van der Waals surface area contributed by atoms with Crippen molar-refractivity contribution < 1.29 is 9.53 Å². The molecule has 0 radical (unpaired) electrons. The smallest absolute Gasteiger partial charge is 0.259 e. The number of carbonyl (C=O) groups is 1. The number of nitrogens with one attached hydrogen (secondary N) is 2. The second-order valence-corrected chi connectivity index (χ2v) is 6.74. The molecule has 22 heavy (non-hydrogen) atoms. The molecule has 0 atom stereocenters. The molecule has 1 heterocycles. The van der Waals surface area contributed by atoms with Gasteiger partial charge in [0.25, 0.3) is 5.91 Å². The fourth-order valence-electron chi connectivity index (χ4n) is 1.62. The minimum Gasteiger partial charge on any atom is -0.494 e. The molecular formula is C15H16BrN3O2S. The van der Waals surface area contributed by atoms with Crippen molar-refractivity contribution in [3.63, 3.8) is 0 Å². The molecule has 0 aliphatic heterocycles. The lowest BCUT2D eigenvalue weighted by atomic mass is 10.3. The van der Waals surface area contributed by atoms with Crippen molar-refractivity contribution in [1.29, 1.82) is 0 Å². The number of halogens is 1. The molecule has 1 aromatic heterocycles. The molecule has 1 amide bonds. The lowest BCUT2D eigenvalue weighted by Gasteiger charge is -2.07. The Morgan fingerprint density at radius 1 is 1.32 bits per heavy atom. The second-order valence-electron chi connectivity index (χ2n) is 4.25. The topological polar surface area (TPSA) is 62.7 Å². The number of ether oxygens (including phenoxy) is 1. The van der Waals surface area contributed by atoms with Crippen molar-refractivity contribution in [3.8, 4) is 5.75 Å². The van der Waals surface area contributed by atoms with Crippen LogP contribution in [-0.2, 0) is 4.79 Å². The number of benzene rings is 1. The average molecular weight is 382 g/mol. The van der Waals surface area contributed by atoms with Gasteiger partial charge in [-0.05, 0) is 59.3 Å². The summed E-state index contributed by atoms with van der Waals surface area (Å²) in [4.78, 5) is 12.6. The fourth-order valence-corrected chi connectivity index (χ4v) is 2.92. The van der Waals surface area contributed by atoms with E-state index in [1.807, 2.05) is 43.3 Å². The third-order valence-electron chi connectivity index (χ3n) is 2.59. The number of anilines is 1. The SMILES string of the molecule is CCOc1ccc(NCC(=O)N/N=C\c2ccc(Br)s2)cc1. The summed E-state index contributed by atoms with van der Waals surface area (Å²) >= 11 is 4.91. The zero-order valence-electron chi connectivity index (χ0n) is 12.0. The molecule has 5 nitrogen and oxygen atoms in total. The van der Waals surface area contributed by atoms with Crippen LogP contribution >= 0.6 is 27.3 Å². The predicted molar refractivity (Wildman–Crippen MR) is 93.9 cm³/mol. The molecule has 1 aromatic carbocycles. The lowest BCUT2D eigenvalue weighted by molar-refractivity contribution is -0.119. The van der Waals surface area contributed by atoms with Gasteiger partial charge in [0, 0.05) is 10.6 Å². The summed E-state index contributed by atoms with van der Waals surface area (Å²) in [5.41, 5.74) is 3.33. The standard InChI is InChI=1S/C15H16BrN3O2S/c1-2-21-12-5-3-11(4-6-12)17-10-15(20)19-18-9-13-7-8-14(16)22-13/h3-9,17H,2,10H2,1H3,(H,19,20)/b18-9-. The second kappa shape index (κ2) is 8.55. The number of hydrogen-bond donors (Lipinski definition) is 2. The van der Waals surface area contributed by atoms with Crippen LogP contribution in [0, 0.1) is 0 Å². The van der Waals surface area contributed by atoms with E-state index in [2.05, 4.69) is 31.8 Å². The summed E-state index contributed by atoms with van der Waals surface area (Å²) in [6.07, 6.45) is 1.62. The van der Waals surface area contributed by atoms with Gasteiger partial charge in [0.05, 0.1) is 23.2 Å². The van der Waals surface area contributed by atoms with Crippen LogP contribution in [0.3, 0.4) is 0 Å². The van der Waals surface area contributed by atoms with Gasteiger partial charge < -0.3 is 10.1 Å². The number of hydrazone groups is 1. The van der Waals surface area contributed by atoms with Gasteiger partial charge >= 0.3 is 0 Å².